The number of para-hydroxylation sites is 1. The van der Waals surface area contributed by atoms with E-state index in [0.717, 1.165) is 49.4 Å². The Hall–Kier alpha value is -1.56. The third-order valence-electron chi connectivity index (χ3n) is 5.68. The normalized spacial score (nSPS) is 25.5. The predicted octanol–water partition coefficient (Wildman–Crippen LogP) is 3.59. The molecule has 2 aromatic rings. The summed E-state index contributed by atoms with van der Waals surface area (Å²) in [5.41, 5.74) is 0.444. The number of fused-ring (bicyclic) bond motifs is 1. The second kappa shape index (κ2) is 7.22. The molecule has 1 amide bonds. The molecule has 0 radical (unpaired) electrons. The van der Waals surface area contributed by atoms with E-state index in [4.69, 9.17) is 16.3 Å². The van der Waals surface area contributed by atoms with Gasteiger partial charge in [0.15, 0.2) is 5.56 Å². The second-order valence-corrected chi connectivity index (χ2v) is 7.97. The Kier molecular flexibility index (Phi) is 4.95. The fourth-order valence-corrected chi connectivity index (χ4v) is 4.29. The molecule has 4 rings (SSSR count). The van der Waals surface area contributed by atoms with Gasteiger partial charge in [0, 0.05) is 23.6 Å². The van der Waals surface area contributed by atoms with Crippen LogP contribution in [0.3, 0.4) is 0 Å². The number of nitrogens with one attached hydrogen (secondary N) is 1. The van der Waals surface area contributed by atoms with Crippen molar-refractivity contribution in [1.82, 2.24) is 9.88 Å². The molecule has 2 atom stereocenters. The molecule has 26 heavy (non-hydrogen) atoms. The smallest absolute Gasteiger partial charge is 0.253 e. The van der Waals surface area contributed by atoms with E-state index in [1.807, 2.05) is 35.0 Å². The number of carbonyl (C=O) groups excluding carboxylic acids is 1. The van der Waals surface area contributed by atoms with Crippen LogP contribution >= 0.6 is 11.6 Å². The molecule has 1 aliphatic carbocycles. The zero-order valence-electron chi connectivity index (χ0n) is 14.8. The molecule has 1 saturated carbocycles. The quantitative estimate of drug-likeness (QED) is 0.633. The van der Waals surface area contributed by atoms with Gasteiger partial charge >= 0.3 is 0 Å². The van der Waals surface area contributed by atoms with Gasteiger partial charge in [-0.2, -0.15) is 0 Å². The second-order valence-electron chi connectivity index (χ2n) is 7.54. The maximum Gasteiger partial charge on any atom is 0.253 e. The summed E-state index contributed by atoms with van der Waals surface area (Å²) in [6, 6.07) is 7.86. The Bertz CT molecular complexity index is 795. The highest BCUT2D eigenvalue weighted by Crippen LogP contribution is 2.34. The Morgan fingerprint density at radius 1 is 1.27 bits per heavy atom. The summed E-state index contributed by atoms with van der Waals surface area (Å²) in [5.74, 6) is -0.149. The van der Waals surface area contributed by atoms with Gasteiger partial charge in [0.25, 0.3) is 5.91 Å². The monoisotopic (exact) mass is 376 g/mol. The molecule has 2 aliphatic rings. The number of aliphatic hydroxyl groups is 1. The van der Waals surface area contributed by atoms with Gasteiger partial charge in [-0.3, -0.25) is 4.79 Å². The standard InChI is InChI=1S/C20H25ClN2O3/c21-18-17(12-26-18)23-11-15(14-7-3-4-8-16(14)23)19(24)22-13-20(25)9-5-1-2-6-10-20/h3-4,7-8,11,17-18,25H,1-2,5-6,9-10,12-13H2,(H,22,24). The maximum atomic E-state index is 12.9. The lowest BCUT2D eigenvalue weighted by molar-refractivity contribution is -0.0523. The van der Waals surface area contributed by atoms with Crippen molar-refractivity contribution >= 4 is 28.4 Å². The van der Waals surface area contributed by atoms with Crippen molar-refractivity contribution < 1.29 is 14.6 Å². The number of ether oxygens (including phenoxy) is 1. The predicted molar refractivity (Wildman–Crippen MR) is 102 cm³/mol. The summed E-state index contributed by atoms with van der Waals surface area (Å²) in [5, 5.41) is 14.6. The Morgan fingerprint density at radius 3 is 2.65 bits per heavy atom. The summed E-state index contributed by atoms with van der Waals surface area (Å²) in [6.07, 6.45) is 7.72. The van der Waals surface area contributed by atoms with Crippen molar-refractivity contribution in [2.24, 2.45) is 0 Å². The van der Waals surface area contributed by atoms with Gasteiger partial charge in [0.1, 0.15) is 0 Å². The first-order valence-corrected chi connectivity index (χ1v) is 9.87. The lowest BCUT2D eigenvalue weighted by atomic mass is 9.94. The van der Waals surface area contributed by atoms with E-state index < -0.39 is 5.60 Å². The first-order chi connectivity index (χ1) is 12.6. The highest BCUT2D eigenvalue weighted by Gasteiger charge is 2.34. The van der Waals surface area contributed by atoms with E-state index in [9.17, 15) is 9.90 Å². The van der Waals surface area contributed by atoms with Crippen LogP contribution in [-0.4, -0.2) is 39.9 Å². The van der Waals surface area contributed by atoms with Crippen molar-refractivity contribution in [2.75, 3.05) is 13.2 Å². The van der Waals surface area contributed by atoms with Crippen LogP contribution in [0.5, 0.6) is 0 Å². The first-order valence-electron chi connectivity index (χ1n) is 9.43. The topological polar surface area (TPSA) is 63.5 Å². The van der Waals surface area contributed by atoms with Gasteiger partial charge in [-0.05, 0) is 18.9 Å². The minimum absolute atomic E-state index is 0.0363. The van der Waals surface area contributed by atoms with E-state index in [1.165, 1.54) is 0 Å². The zero-order chi connectivity index (χ0) is 18.1. The van der Waals surface area contributed by atoms with Crippen molar-refractivity contribution in [1.29, 1.82) is 0 Å². The third kappa shape index (κ3) is 3.36. The summed E-state index contributed by atoms with van der Waals surface area (Å²) < 4.78 is 7.31. The number of rotatable bonds is 4. The molecule has 2 N–H and O–H groups in total. The molecule has 140 valence electrons. The molecule has 5 nitrogen and oxygen atoms in total. The Labute approximate surface area is 158 Å². The molecular formula is C20H25ClN2O3. The van der Waals surface area contributed by atoms with Crippen molar-refractivity contribution in [3.8, 4) is 0 Å². The van der Waals surface area contributed by atoms with Crippen LogP contribution in [0.1, 0.15) is 54.9 Å². The van der Waals surface area contributed by atoms with Gasteiger partial charge in [-0.25, -0.2) is 0 Å². The number of carbonyl (C=O) groups is 1. The highest BCUT2D eigenvalue weighted by atomic mass is 35.5. The summed E-state index contributed by atoms with van der Waals surface area (Å²) in [4.78, 5) is 12.9. The lowest BCUT2D eigenvalue weighted by Gasteiger charge is -2.33. The molecule has 2 unspecified atom stereocenters. The van der Waals surface area contributed by atoms with Gasteiger partial charge in [0.2, 0.25) is 0 Å². The van der Waals surface area contributed by atoms with E-state index in [2.05, 4.69) is 5.32 Å². The lowest BCUT2D eigenvalue weighted by Crippen LogP contribution is -2.42. The summed E-state index contributed by atoms with van der Waals surface area (Å²) >= 11 is 6.16. The van der Waals surface area contributed by atoms with Crippen molar-refractivity contribution in [2.45, 2.75) is 55.7 Å². The number of aromatic nitrogens is 1. The fraction of sp³-hybridized carbons (Fsp3) is 0.550. The molecule has 6 heteroatoms. The van der Waals surface area contributed by atoms with E-state index >= 15 is 0 Å². The van der Waals surface area contributed by atoms with Crippen LogP contribution in [0.15, 0.2) is 30.5 Å². The number of hydrogen-bond acceptors (Lipinski definition) is 3. The number of nitrogens with zero attached hydrogens (tertiary/aromatic N) is 1. The zero-order valence-corrected chi connectivity index (χ0v) is 15.5. The molecule has 1 saturated heterocycles. The number of halogens is 1. The molecule has 1 aliphatic heterocycles. The molecule has 1 aromatic heterocycles. The van der Waals surface area contributed by atoms with E-state index in [-0.39, 0.29) is 17.5 Å². The largest absolute Gasteiger partial charge is 0.388 e. The van der Waals surface area contributed by atoms with Gasteiger partial charge in [-0.1, -0.05) is 55.5 Å². The van der Waals surface area contributed by atoms with Crippen LogP contribution < -0.4 is 5.32 Å². The van der Waals surface area contributed by atoms with Crippen LogP contribution in [-0.2, 0) is 4.74 Å². The van der Waals surface area contributed by atoms with Crippen LogP contribution in [0, 0.1) is 0 Å². The van der Waals surface area contributed by atoms with Gasteiger partial charge < -0.3 is 19.7 Å². The number of benzene rings is 1. The first kappa shape index (κ1) is 17.8. The molecule has 0 bridgehead atoms. The summed E-state index contributed by atoms with van der Waals surface area (Å²) in [7, 11) is 0. The average Bonchev–Trinajstić information content (AvgIpc) is 2.86. The van der Waals surface area contributed by atoms with Crippen LogP contribution in [0.25, 0.3) is 10.9 Å². The number of alkyl halides is 1. The number of amides is 1. The molecule has 2 heterocycles. The molecule has 1 aromatic carbocycles. The molecular weight excluding hydrogens is 352 g/mol. The van der Waals surface area contributed by atoms with Crippen LogP contribution in [0.2, 0.25) is 0 Å². The van der Waals surface area contributed by atoms with Gasteiger partial charge in [-0.15, -0.1) is 0 Å². The van der Waals surface area contributed by atoms with Gasteiger partial charge in [0.05, 0.1) is 23.8 Å². The fourth-order valence-electron chi connectivity index (χ4n) is 4.03. The highest BCUT2D eigenvalue weighted by molar-refractivity contribution is 6.20. The maximum absolute atomic E-state index is 12.9. The van der Waals surface area contributed by atoms with E-state index in [1.54, 1.807) is 0 Å². The molecule has 0 spiro atoms. The van der Waals surface area contributed by atoms with Crippen molar-refractivity contribution in [3.05, 3.63) is 36.0 Å². The molecule has 2 fully saturated rings. The third-order valence-corrected chi connectivity index (χ3v) is 6.10. The Morgan fingerprint density at radius 2 is 2.00 bits per heavy atom. The number of hydrogen-bond donors (Lipinski definition) is 2. The summed E-state index contributed by atoms with van der Waals surface area (Å²) in [6.45, 7) is 0.851. The minimum Gasteiger partial charge on any atom is -0.388 e. The SMILES string of the molecule is O=C(NCC1(O)CCCCCC1)c1cn(C2COC2Cl)c2ccccc12. The van der Waals surface area contributed by atoms with Crippen LogP contribution in [0.4, 0.5) is 0 Å². The Balaban J connectivity index is 1.55. The average molecular weight is 377 g/mol. The van der Waals surface area contributed by atoms with Crippen molar-refractivity contribution in [3.63, 3.8) is 0 Å². The van der Waals surface area contributed by atoms with E-state index in [0.29, 0.717) is 18.7 Å². The minimum atomic E-state index is -0.784.